The minimum Gasteiger partial charge on any atom is -0.124 e. The maximum absolute atomic E-state index is 4.00. The third-order valence-corrected chi connectivity index (χ3v) is 4.90. The molecule has 1 aliphatic rings. The molecule has 1 aliphatic carbocycles. The minimum atomic E-state index is 0. The van der Waals surface area contributed by atoms with E-state index in [0.29, 0.717) is 5.92 Å². The van der Waals surface area contributed by atoms with E-state index >= 15 is 0 Å². The van der Waals surface area contributed by atoms with Gasteiger partial charge in [0.15, 0.2) is 0 Å². The van der Waals surface area contributed by atoms with E-state index in [-0.39, 0.29) is 7.43 Å². The third-order valence-electron chi connectivity index (χ3n) is 4.90. The number of rotatable bonds is 7. The van der Waals surface area contributed by atoms with E-state index in [2.05, 4.69) is 52.4 Å². The largest absolute Gasteiger partial charge is 0.124 e. The Kier molecular flexibility index (Phi) is 25.8. The fraction of sp³-hybridized carbons (Fsp3) is 0.833. The van der Waals surface area contributed by atoms with Gasteiger partial charge in [0.1, 0.15) is 0 Å². The highest BCUT2D eigenvalue weighted by Gasteiger charge is 2.22. The summed E-state index contributed by atoms with van der Waals surface area (Å²) < 4.78 is 0. The van der Waals surface area contributed by atoms with E-state index in [1.165, 1.54) is 70.6 Å². The van der Waals surface area contributed by atoms with Crippen LogP contribution in [0.2, 0.25) is 0 Å². The molecule has 0 aromatic carbocycles. The molecular weight excluding hydrogens is 288 g/mol. The summed E-state index contributed by atoms with van der Waals surface area (Å²) in [5.74, 6) is 8.81. The molecule has 24 heavy (non-hydrogen) atoms. The van der Waals surface area contributed by atoms with Gasteiger partial charge in [-0.2, -0.15) is 0 Å². The molecule has 3 atom stereocenters. The van der Waals surface area contributed by atoms with Gasteiger partial charge < -0.3 is 0 Å². The fourth-order valence-corrected chi connectivity index (χ4v) is 3.09. The van der Waals surface area contributed by atoms with Gasteiger partial charge in [-0.05, 0) is 38.0 Å². The van der Waals surface area contributed by atoms with Crippen molar-refractivity contribution < 1.29 is 0 Å². The lowest BCUT2D eigenvalue weighted by molar-refractivity contribution is 0.242. The molecule has 1 rings (SSSR count). The highest BCUT2D eigenvalue weighted by Crippen LogP contribution is 2.32. The Balaban J connectivity index is -0.000000322. The van der Waals surface area contributed by atoms with Crippen LogP contribution in [0.25, 0.3) is 0 Å². The Labute approximate surface area is 155 Å². The Morgan fingerprint density at radius 1 is 0.792 bits per heavy atom. The normalized spacial score (nSPS) is 21.5. The molecule has 0 bridgehead atoms. The highest BCUT2D eigenvalue weighted by molar-refractivity contribution is 5.02. The second-order valence-corrected chi connectivity index (χ2v) is 6.98. The maximum atomic E-state index is 4.00. The van der Waals surface area contributed by atoms with Crippen molar-refractivity contribution in [1.29, 1.82) is 0 Å². The van der Waals surface area contributed by atoms with Crippen molar-refractivity contribution in [2.24, 2.45) is 17.8 Å². The van der Waals surface area contributed by atoms with Crippen molar-refractivity contribution in [3.8, 4) is 24.7 Å². The van der Waals surface area contributed by atoms with Crippen LogP contribution in [0, 0.1) is 42.4 Å². The van der Waals surface area contributed by atoms with Gasteiger partial charge in [0.2, 0.25) is 0 Å². The van der Waals surface area contributed by atoms with E-state index < -0.39 is 0 Å². The Bertz CT molecular complexity index is 293. The summed E-state index contributed by atoms with van der Waals surface area (Å²) in [5, 5.41) is 0. The number of unbranched alkanes of at least 4 members (excludes halogenated alkanes) is 7. The van der Waals surface area contributed by atoms with Gasteiger partial charge in [-0.1, -0.05) is 86.5 Å². The lowest BCUT2D eigenvalue weighted by atomic mass is 9.76. The summed E-state index contributed by atoms with van der Waals surface area (Å²) >= 11 is 0. The zero-order chi connectivity index (χ0) is 17.9. The van der Waals surface area contributed by atoms with E-state index in [1.807, 2.05) is 6.92 Å². The van der Waals surface area contributed by atoms with Gasteiger partial charge in [0.25, 0.3) is 0 Å². The van der Waals surface area contributed by atoms with Crippen LogP contribution in [0.4, 0.5) is 0 Å². The van der Waals surface area contributed by atoms with Crippen LogP contribution < -0.4 is 0 Å². The van der Waals surface area contributed by atoms with Crippen LogP contribution in [-0.2, 0) is 0 Å². The molecule has 0 radical (unpaired) electrons. The Morgan fingerprint density at radius 2 is 1.25 bits per heavy atom. The quantitative estimate of drug-likeness (QED) is 0.326. The second kappa shape index (κ2) is 22.1. The minimum absolute atomic E-state index is 0. The molecule has 0 aliphatic heterocycles. The molecule has 142 valence electrons. The zero-order valence-corrected chi connectivity index (χ0v) is 16.7. The van der Waals surface area contributed by atoms with E-state index in [0.717, 1.165) is 11.8 Å². The summed E-state index contributed by atoms with van der Waals surface area (Å²) in [6.45, 7) is 11.2. The lowest BCUT2D eigenvalue weighted by Crippen LogP contribution is -2.19. The van der Waals surface area contributed by atoms with Crippen molar-refractivity contribution in [2.75, 3.05) is 0 Å². The second-order valence-electron chi connectivity index (χ2n) is 6.98. The summed E-state index contributed by atoms with van der Waals surface area (Å²) in [6, 6.07) is 0. The van der Waals surface area contributed by atoms with Crippen molar-refractivity contribution in [2.45, 2.75) is 113 Å². The van der Waals surface area contributed by atoms with Gasteiger partial charge in [-0.15, -0.1) is 24.7 Å². The molecule has 0 nitrogen and oxygen atoms in total. The number of terminal acetylenes is 1. The molecule has 0 saturated heterocycles. The van der Waals surface area contributed by atoms with Crippen LogP contribution in [0.1, 0.15) is 113 Å². The molecule has 1 saturated carbocycles. The van der Waals surface area contributed by atoms with Crippen molar-refractivity contribution in [3.63, 3.8) is 0 Å². The average molecular weight is 335 g/mol. The van der Waals surface area contributed by atoms with E-state index in [4.69, 9.17) is 0 Å². The van der Waals surface area contributed by atoms with Gasteiger partial charge in [0.05, 0.1) is 0 Å². The summed E-state index contributed by atoms with van der Waals surface area (Å²) in [5.41, 5.74) is 0. The first kappa shape index (κ1) is 27.9. The fourth-order valence-electron chi connectivity index (χ4n) is 3.09. The first-order chi connectivity index (χ1) is 11.2. The van der Waals surface area contributed by atoms with E-state index in [9.17, 15) is 0 Å². The smallest absolute Gasteiger partial charge is 0.0205 e. The number of hydrogen-bond donors (Lipinski definition) is 0. The molecule has 0 aromatic rings. The van der Waals surface area contributed by atoms with Crippen LogP contribution in [-0.4, -0.2) is 0 Å². The predicted octanol–water partition coefficient (Wildman–Crippen LogP) is 8.11. The van der Waals surface area contributed by atoms with Crippen molar-refractivity contribution in [1.82, 2.24) is 0 Å². The topological polar surface area (TPSA) is 0 Å². The molecule has 0 spiro atoms. The van der Waals surface area contributed by atoms with Crippen molar-refractivity contribution in [3.05, 3.63) is 0 Å². The predicted molar refractivity (Wildman–Crippen MR) is 114 cm³/mol. The Hall–Kier alpha value is -0.880. The van der Waals surface area contributed by atoms with Crippen LogP contribution in [0.15, 0.2) is 0 Å². The van der Waals surface area contributed by atoms with Gasteiger partial charge >= 0.3 is 0 Å². The SMILES string of the molecule is C.C#C.CC#CC1CCC(C)C(C)C1.CCCCCCCCCC. The first-order valence-electron chi connectivity index (χ1n) is 9.91. The van der Waals surface area contributed by atoms with Crippen LogP contribution >= 0.6 is 0 Å². The molecule has 0 amide bonds. The summed E-state index contributed by atoms with van der Waals surface area (Å²) in [4.78, 5) is 0. The molecular formula is C24H46. The molecule has 3 unspecified atom stereocenters. The first-order valence-corrected chi connectivity index (χ1v) is 9.91. The molecule has 1 fully saturated rings. The molecule has 0 aromatic heterocycles. The Morgan fingerprint density at radius 3 is 1.62 bits per heavy atom. The van der Waals surface area contributed by atoms with E-state index in [1.54, 1.807) is 0 Å². The standard InChI is InChI=1S/C11H18.C10H22.C2H2.CH4/c1-4-5-11-7-6-9(2)10(3)8-11;1-3-5-7-9-10-8-6-4-2;1-2;/h9-11H,6-8H2,1-3H3;3-10H2,1-2H3;1-2H;1H4. The zero-order valence-electron chi connectivity index (χ0n) is 16.7. The van der Waals surface area contributed by atoms with Gasteiger partial charge in [-0.25, -0.2) is 0 Å². The van der Waals surface area contributed by atoms with Gasteiger partial charge in [-0.3, -0.25) is 0 Å². The highest BCUT2D eigenvalue weighted by atomic mass is 14.3. The van der Waals surface area contributed by atoms with Crippen LogP contribution in [0.5, 0.6) is 0 Å². The summed E-state index contributed by atoms with van der Waals surface area (Å²) in [6.07, 6.45) is 23.5. The van der Waals surface area contributed by atoms with Crippen molar-refractivity contribution >= 4 is 0 Å². The maximum Gasteiger partial charge on any atom is 0.0205 e. The monoisotopic (exact) mass is 334 g/mol. The lowest BCUT2D eigenvalue weighted by Gasteiger charge is -2.29. The molecule has 0 N–H and O–H groups in total. The summed E-state index contributed by atoms with van der Waals surface area (Å²) in [7, 11) is 0. The molecule has 0 heteroatoms. The number of hydrogen-bond acceptors (Lipinski definition) is 0. The molecule has 0 heterocycles. The third kappa shape index (κ3) is 17.5. The average Bonchev–Trinajstić information content (AvgIpc) is 2.57. The van der Waals surface area contributed by atoms with Gasteiger partial charge in [0, 0.05) is 5.92 Å². The van der Waals surface area contributed by atoms with Crippen LogP contribution in [0.3, 0.4) is 0 Å².